The van der Waals surface area contributed by atoms with E-state index in [-0.39, 0.29) is 0 Å². The van der Waals surface area contributed by atoms with Crippen LogP contribution in [0.1, 0.15) is 18.1 Å². The highest BCUT2D eigenvalue weighted by Crippen LogP contribution is 2.18. The van der Waals surface area contributed by atoms with Gasteiger partial charge in [-0.05, 0) is 5.56 Å². The molecule has 1 aromatic rings. The molecular formula is C10H12O4. The van der Waals surface area contributed by atoms with Gasteiger partial charge in [-0.25, -0.2) is 0 Å². The van der Waals surface area contributed by atoms with Gasteiger partial charge in [0.05, 0.1) is 12.5 Å². The molecule has 2 unspecified atom stereocenters. The highest BCUT2D eigenvalue weighted by Gasteiger charge is 2.20. The number of hydrogen-bond acceptors (Lipinski definition) is 3. The van der Waals surface area contributed by atoms with Crippen molar-refractivity contribution in [2.24, 2.45) is 0 Å². The molecule has 3 N–H and O–H groups in total. The van der Waals surface area contributed by atoms with Crippen LogP contribution in [-0.2, 0) is 4.79 Å². The zero-order valence-electron chi connectivity index (χ0n) is 7.50. The summed E-state index contributed by atoms with van der Waals surface area (Å²) >= 11 is 0. The van der Waals surface area contributed by atoms with E-state index in [4.69, 9.17) is 5.11 Å². The van der Waals surface area contributed by atoms with E-state index in [0.29, 0.717) is 5.56 Å². The molecule has 2 atom stereocenters. The number of aliphatic carboxylic acids is 1. The van der Waals surface area contributed by atoms with Crippen LogP contribution < -0.4 is 0 Å². The molecule has 0 aliphatic carbocycles. The Morgan fingerprint density at radius 3 is 2.29 bits per heavy atom. The zero-order valence-corrected chi connectivity index (χ0v) is 7.50. The number of carboxylic acids is 1. The average molecular weight is 196 g/mol. The van der Waals surface area contributed by atoms with Gasteiger partial charge in [0.2, 0.25) is 0 Å². The van der Waals surface area contributed by atoms with Crippen molar-refractivity contribution >= 4 is 5.97 Å². The number of carboxylic acid groups (broad SMARTS) is 1. The Hall–Kier alpha value is -1.39. The van der Waals surface area contributed by atoms with Crippen LogP contribution in [0.15, 0.2) is 30.3 Å². The number of aliphatic hydroxyl groups is 2. The van der Waals surface area contributed by atoms with Crippen molar-refractivity contribution in [3.8, 4) is 0 Å². The lowest BCUT2D eigenvalue weighted by atomic mass is 10.0. The molecule has 0 radical (unpaired) electrons. The van der Waals surface area contributed by atoms with E-state index in [1.807, 2.05) is 0 Å². The summed E-state index contributed by atoms with van der Waals surface area (Å²) < 4.78 is 0. The van der Waals surface area contributed by atoms with E-state index in [1.165, 1.54) is 0 Å². The van der Waals surface area contributed by atoms with E-state index >= 15 is 0 Å². The number of hydrogen-bond donors (Lipinski definition) is 3. The first-order valence-corrected chi connectivity index (χ1v) is 4.24. The van der Waals surface area contributed by atoms with Gasteiger partial charge >= 0.3 is 5.97 Å². The first kappa shape index (κ1) is 10.7. The van der Waals surface area contributed by atoms with Crippen LogP contribution in [0.4, 0.5) is 0 Å². The van der Waals surface area contributed by atoms with E-state index in [9.17, 15) is 15.0 Å². The molecule has 0 fully saturated rings. The van der Waals surface area contributed by atoms with Crippen LogP contribution >= 0.6 is 0 Å². The monoisotopic (exact) mass is 196 g/mol. The second-order valence-corrected chi connectivity index (χ2v) is 3.02. The minimum atomic E-state index is -1.27. The molecule has 1 aromatic carbocycles. The lowest BCUT2D eigenvalue weighted by Gasteiger charge is -2.15. The summed E-state index contributed by atoms with van der Waals surface area (Å²) in [7, 11) is 0. The van der Waals surface area contributed by atoms with Gasteiger partial charge in [0.1, 0.15) is 6.10 Å². The van der Waals surface area contributed by atoms with Crippen LogP contribution in [0.5, 0.6) is 0 Å². The van der Waals surface area contributed by atoms with Crippen LogP contribution in [0.25, 0.3) is 0 Å². The Morgan fingerprint density at radius 2 is 1.79 bits per heavy atom. The Morgan fingerprint density at radius 1 is 1.21 bits per heavy atom. The third-order valence-electron chi connectivity index (χ3n) is 1.89. The van der Waals surface area contributed by atoms with Crippen molar-refractivity contribution in [2.75, 3.05) is 0 Å². The topological polar surface area (TPSA) is 77.8 Å². The second kappa shape index (κ2) is 4.74. The summed E-state index contributed by atoms with van der Waals surface area (Å²) in [6.45, 7) is 0. The maximum Gasteiger partial charge on any atom is 0.306 e. The average Bonchev–Trinajstić information content (AvgIpc) is 2.17. The first-order chi connectivity index (χ1) is 6.61. The minimum Gasteiger partial charge on any atom is -0.481 e. The quantitative estimate of drug-likeness (QED) is 0.657. The molecule has 1 rings (SSSR count). The molecule has 0 aliphatic heterocycles. The van der Waals surface area contributed by atoms with Crippen LogP contribution in [0.2, 0.25) is 0 Å². The summed E-state index contributed by atoms with van der Waals surface area (Å²) in [5.41, 5.74) is 0.515. The molecule has 0 heterocycles. The third kappa shape index (κ3) is 2.83. The van der Waals surface area contributed by atoms with Crippen molar-refractivity contribution < 1.29 is 20.1 Å². The van der Waals surface area contributed by atoms with Crippen LogP contribution in [-0.4, -0.2) is 27.4 Å². The smallest absolute Gasteiger partial charge is 0.306 e. The van der Waals surface area contributed by atoms with E-state index < -0.39 is 24.6 Å². The van der Waals surface area contributed by atoms with Gasteiger partial charge in [-0.15, -0.1) is 0 Å². The first-order valence-electron chi connectivity index (χ1n) is 4.24. The van der Waals surface area contributed by atoms with Gasteiger partial charge < -0.3 is 15.3 Å². The van der Waals surface area contributed by atoms with Crippen molar-refractivity contribution in [2.45, 2.75) is 18.6 Å². The van der Waals surface area contributed by atoms with Crippen molar-refractivity contribution in [1.29, 1.82) is 0 Å². The zero-order chi connectivity index (χ0) is 10.6. The summed E-state index contributed by atoms with van der Waals surface area (Å²) in [6.07, 6.45) is -2.88. The fraction of sp³-hybridized carbons (Fsp3) is 0.300. The van der Waals surface area contributed by atoms with E-state index in [2.05, 4.69) is 0 Å². The number of benzene rings is 1. The van der Waals surface area contributed by atoms with Crippen molar-refractivity contribution in [3.63, 3.8) is 0 Å². The molecule has 4 heteroatoms. The highest BCUT2D eigenvalue weighted by atomic mass is 16.4. The molecule has 0 saturated heterocycles. The van der Waals surface area contributed by atoms with Gasteiger partial charge in [0.15, 0.2) is 0 Å². The lowest BCUT2D eigenvalue weighted by molar-refractivity contribution is -0.141. The molecule has 0 saturated carbocycles. The molecule has 14 heavy (non-hydrogen) atoms. The predicted octanol–water partition coefficient (Wildman–Crippen LogP) is 0.556. The third-order valence-corrected chi connectivity index (χ3v) is 1.89. The van der Waals surface area contributed by atoms with Gasteiger partial charge in [-0.2, -0.15) is 0 Å². The summed E-state index contributed by atoms with van der Waals surface area (Å²) in [4.78, 5) is 10.3. The van der Waals surface area contributed by atoms with Gasteiger partial charge in [-0.1, -0.05) is 30.3 Å². The van der Waals surface area contributed by atoms with E-state index in [1.54, 1.807) is 30.3 Å². The molecule has 0 aliphatic rings. The maximum atomic E-state index is 10.3. The number of carbonyl (C=O) groups is 1. The molecule has 0 aromatic heterocycles. The van der Waals surface area contributed by atoms with E-state index in [0.717, 1.165) is 0 Å². The Labute approximate surface area is 81.4 Å². The SMILES string of the molecule is O=C(O)CC(O)C(O)c1ccccc1. The number of rotatable bonds is 4. The summed E-state index contributed by atoms with van der Waals surface area (Å²) in [5.74, 6) is -1.13. The fourth-order valence-electron chi connectivity index (χ4n) is 1.16. The molecule has 76 valence electrons. The Balaban J connectivity index is 2.65. The highest BCUT2D eigenvalue weighted by molar-refractivity contribution is 5.67. The van der Waals surface area contributed by atoms with Gasteiger partial charge in [0, 0.05) is 0 Å². The Kier molecular flexibility index (Phi) is 3.62. The normalized spacial score (nSPS) is 14.7. The second-order valence-electron chi connectivity index (χ2n) is 3.02. The maximum absolute atomic E-state index is 10.3. The van der Waals surface area contributed by atoms with Gasteiger partial charge in [0.25, 0.3) is 0 Å². The lowest BCUT2D eigenvalue weighted by Crippen LogP contribution is -2.21. The van der Waals surface area contributed by atoms with Gasteiger partial charge in [-0.3, -0.25) is 4.79 Å². The molecule has 4 nitrogen and oxygen atoms in total. The fourth-order valence-corrected chi connectivity index (χ4v) is 1.16. The molecule has 0 amide bonds. The Bertz CT molecular complexity index is 296. The standard InChI is InChI=1S/C10H12O4/c11-8(6-9(12)13)10(14)7-4-2-1-3-5-7/h1-5,8,10-11,14H,6H2,(H,12,13). The van der Waals surface area contributed by atoms with Crippen LogP contribution in [0, 0.1) is 0 Å². The molecular weight excluding hydrogens is 184 g/mol. The largest absolute Gasteiger partial charge is 0.481 e. The van der Waals surface area contributed by atoms with Crippen molar-refractivity contribution in [3.05, 3.63) is 35.9 Å². The summed E-state index contributed by atoms with van der Waals surface area (Å²) in [5, 5.41) is 27.2. The molecule has 0 spiro atoms. The molecule has 0 bridgehead atoms. The predicted molar refractivity (Wildman–Crippen MR) is 49.7 cm³/mol. The minimum absolute atomic E-state index is 0.462. The number of aliphatic hydroxyl groups excluding tert-OH is 2. The van der Waals surface area contributed by atoms with Crippen LogP contribution in [0.3, 0.4) is 0 Å². The van der Waals surface area contributed by atoms with Crippen molar-refractivity contribution in [1.82, 2.24) is 0 Å². The summed E-state index contributed by atoms with van der Waals surface area (Å²) in [6, 6.07) is 8.48.